The lowest BCUT2D eigenvalue weighted by Gasteiger charge is -2.39. The van der Waals surface area contributed by atoms with Crippen LogP contribution in [0.15, 0.2) is 53.3 Å². The molecule has 1 aliphatic heterocycles. The van der Waals surface area contributed by atoms with Gasteiger partial charge in [0.25, 0.3) is 5.56 Å². The van der Waals surface area contributed by atoms with Gasteiger partial charge in [-0.25, -0.2) is 4.68 Å². The zero-order valence-corrected chi connectivity index (χ0v) is 23.3. The lowest BCUT2D eigenvalue weighted by Crippen LogP contribution is -2.48. The van der Waals surface area contributed by atoms with E-state index in [1.807, 2.05) is 22.9 Å². The van der Waals surface area contributed by atoms with Gasteiger partial charge in [0.05, 0.1) is 25.8 Å². The van der Waals surface area contributed by atoms with Crippen LogP contribution < -0.4 is 15.0 Å². The van der Waals surface area contributed by atoms with Crippen molar-refractivity contribution in [2.75, 3.05) is 40.4 Å². The Bertz CT molecular complexity index is 1490. The van der Waals surface area contributed by atoms with E-state index in [0.717, 1.165) is 56.8 Å². The number of pyridine rings is 1. The molecule has 40 heavy (non-hydrogen) atoms. The number of methoxy groups -OCH3 is 2. The van der Waals surface area contributed by atoms with Gasteiger partial charge in [0.2, 0.25) is 0 Å². The molecular weight excluding hydrogens is 506 g/mol. The highest BCUT2D eigenvalue weighted by molar-refractivity contribution is 5.83. The number of rotatable bonds is 8. The van der Waals surface area contributed by atoms with E-state index >= 15 is 0 Å². The monoisotopic (exact) mass is 543 g/mol. The summed E-state index contributed by atoms with van der Waals surface area (Å²) < 4.78 is 13.0. The van der Waals surface area contributed by atoms with Crippen molar-refractivity contribution in [2.24, 2.45) is 0 Å². The summed E-state index contributed by atoms with van der Waals surface area (Å²) >= 11 is 0. The number of fused-ring (bicyclic) bond motifs is 1. The van der Waals surface area contributed by atoms with Gasteiger partial charge < -0.3 is 14.5 Å². The van der Waals surface area contributed by atoms with Crippen LogP contribution >= 0.6 is 0 Å². The first-order valence-electron chi connectivity index (χ1n) is 14.2. The molecule has 1 saturated carbocycles. The zero-order chi connectivity index (χ0) is 27.5. The van der Waals surface area contributed by atoms with Gasteiger partial charge in [-0.2, -0.15) is 0 Å². The Labute approximate surface area is 233 Å². The molecule has 2 aromatic carbocycles. The first kappa shape index (κ1) is 26.5. The van der Waals surface area contributed by atoms with E-state index < -0.39 is 0 Å². The van der Waals surface area contributed by atoms with Gasteiger partial charge in [-0.15, -0.1) is 5.10 Å². The molecular formula is C30H37N7O3. The minimum Gasteiger partial charge on any atom is -0.493 e. The number of aromatic amines is 1. The van der Waals surface area contributed by atoms with Gasteiger partial charge in [-0.3, -0.25) is 14.6 Å². The van der Waals surface area contributed by atoms with Crippen LogP contribution in [0.2, 0.25) is 0 Å². The SMILES string of the molecule is COc1cc2cc(C(c3nnnn3C3CCCCC3)N3CCN(Cc4ccccc4)CC3)c(=O)[nH]c2cc1OC. The highest BCUT2D eigenvalue weighted by Gasteiger charge is 2.34. The number of tetrazole rings is 1. The number of hydrogen-bond donors (Lipinski definition) is 1. The molecule has 1 aliphatic carbocycles. The molecule has 0 amide bonds. The number of benzene rings is 2. The van der Waals surface area contributed by atoms with Crippen molar-refractivity contribution in [1.82, 2.24) is 35.0 Å². The molecule has 0 spiro atoms. The molecule has 10 nitrogen and oxygen atoms in total. The molecule has 2 aromatic heterocycles. The summed E-state index contributed by atoms with van der Waals surface area (Å²) in [6.45, 7) is 4.31. The van der Waals surface area contributed by atoms with Crippen LogP contribution in [0.3, 0.4) is 0 Å². The van der Waals surface area contributed by atoms with Gasteiger partial charge in [0, 0.05) is 49.7 Å². The molecule has 1 atom stereocenters. The Hall–Kier alpha value is -3.76. The molecule has 1 unspecified atom stereocenters. The summed E-state index contributed by atoms with van der Waals surface area (Å²) in [6, 6.07) is 16.1. The highest BCUT2D eigenvalue weighted by atomic mass is 16.5. The minimum absolute atomic E-state index is 0.144. The molecule has 10 heteroatoms. The van der Waals surface area contributed by atoms with Crippen LogP contribution in [0, 0.1) is 0 Å². The average Bonchev–Trinajstić information content (AvgIpc) is 3.48. The predicted octanol–water partition coefficient (Wildman–Crippen LogP) is 3.94. The molecule has 6 rings (SSSR count). The Morgan fingerprint density at radius 2 is 1.68 bits per heavy atom. The topological polar surface area (TPSA) is 101 Å². The fourth-order valence-corrected chi connectivity index (χ4v) is 6.24. The van der Waals surface area contributed by atoms with E-state index in [1.165, 1.54) is 24.8 Å². The van der Waals surface area contributed by atoms with Crippen LogP contribution in [-0.4, -0.2) is 75.4 Å². The Balaban J connectivity index is 1.37. The van der Waals surface area contributed by atoms with E-state index in [1.54, 1.807) is 14.2 Å². The van der Waals surface area contributed by atoms with Crippen molar-refractivity contribution in [1.29, 1.82) is 0 Å². The largest absolute Gasteiger partial charge is 0.493 e. The average molecular weight is 544 g/mol. The van der Waals surface area contributed by atoms with Crippen LogP contribution in [0.1, 0.15) is 61.1 Å². The number of aromatic nitrogens is 5. The smallest absolute Gasteiger partial charge is 0.253 e. The van der Waals surface area contributed by atoms with Gasteiger partial charge in [-0.05, 0) is 41.0 Å². The van der Waals surface area contributed by atoms with Crippen molar-refractivity contribution < 1.29 is 9.47 Å². The van der Waals surface area contributed by atoms with Gasteiger partial charge in [0.1, 0.15) is 6.04 Å². The summed E-state index contributed by atoms with van der Waals surface area (Å²) in [7, 11) is 3.21. The summed E-state index contributed by atoms with van der Waals surface area (Å²) in [6.07, 6.45) is 5.70. The summed E-state index contributed by atoms with van der Waals surface area (Å²) in [5, 5.41) is 14.0. The third-order valence-corrected chi connectivity index (χ3v) is 8.38. The van der Waals surface area contributed by atoms with Crippen molar-refractivity contribution >= 4 is 10.9 Å². The lowest BCUT2D eigenvalue weighted by atomic mass is 9.95. The molecule has 0 radical (unpaired) electrons. The third-order valence-electron chi connectivity index (χ3n) is 8.38. The summed E-state index contributed by atoms with van der Waals surface area (Å²) in [5.74, 6) is 1.94. The van der Waals surface area contributed by atoms with E-state index in [-0.39, 0.29) is 17.6 Å². The maximum Gasteiger partial charge on any atom is 0.253 e. The maximum absolute atomic E-state index is 13.7. The third kappa shape index (κ3) is 5.33. The number of hydrogen-bond acceptors (Lipinski definition) is 8. The zero-order valence-electron chi connectivity index (χ0n) is 23.3. The van der Waals surface area contributed by atoms with Crippen molar-refractivity contribution in [3.8, 4) is 11.5 Å². The quantitative estimate of drug-likeness (QED) is 0.357. The van der Waals surface area contributed by atoms with Crippen LogP contribution in [0.4, 0.5) is 0 Å². The highest BCUT2D eigenvalue weighted by Crippen LogP contribution is 2.35. The minimum atomic E-state index is -0.364. The molecule has 2 fully saturated rings. The van der Waals surface area contributed by atoms with E-state index in [0.29, 0.717) is 22.6 Å². The standard InChI is InChI=1S/C30H37N7O3/c1-39-26-18-22-17-24(30(38)31-25(22)19-27(26)40-2)28(29-32-33-34-37(29)23-11-7-4-8-12-23)36-15-13-35(14-16-36)20-21-9-5-3-6-10-21/h3,5-6,9-10,17-19,23,28H,4,7-8,11-16,20H2,1-2H3,(H,31,38). The number of nitrogens with zero attached hydrogens (tertiary/aromatic N) is 6. The fourth-order valence-electron chi connectivity index (χ4n) is 6.24. The molecule has 2 aliphatic rings. The summed E-state index contributed by atoms with van der Waals surface area (Å²) in [5.41, 5.74) is 2.51. The number of nitrogens with one attached hydrogen (secondary N) is 1. The van der Waals surface area contributed by atoms with Crippen molar-refractivity contribution in [3.05, 3.63) is 75.8 Å². The van der Waals surface area contributed by atoms with Gasteiger partial charge in [-0.1, -0.05) is 49.6 Å². The predicted molar refractivity (Wildman–Crippen MR) is 153 cm³/mol. The summed E-state index contributed by atoms with van der Waals surface area (Å²) in [4.78, 5) is 21.6. The maximum atomic E-state index is 13.7. The van der Waals surface area contributed by atoms with Crippen LogP contribution in [0.25, 0.3) is 10.9 Å². The number of ether oxygens (including phenoxy) is 2. The van der Waals surface area contributed by atoms with Gasteiger partial charge >= 0.3 is 0 Å². The Morgan fingerprint density at radius 3 is 2.40 bits per heavy atom. The Morgan fingerprint density at radius 1 is 0.950 bits per heavy atom. The van der Waals surface area contributed by atoms with Crippen LogP contribution in [-0.2, 0) is 6.54 Å². The van der Waals surface area contributed by atoms with Gasteiger partial charge in [0.15, 0.2) is 17.3 Å². The second-order valence-electron chi connectivity index (χ2n) is 10.8. The molecule has 3 heterocycles. The first-order valence-corrected chi connectivity index (χ1v) is 14.2. The Kier molecular flexibility index (Phi) is 7.79. The lowest BCUT2D eigenvalue weighted by molar-refractivity contribution is 0.0982. The normalized spacial score (nSPS) is 18.1. The van der Waals surface area contributed by atoms with E-state index in [9.17, 15) is 4.79 Å². The first-order chi connectivity index (χ1) is 19.6. The molecule has 1 saturated heterocycles. The van der Waals surface area contributed by atoms with Crippen molar-refractivity contribution in [3.63, 3.8) is 0 Å². The molecule has 1 N–H and O–H groups in total. The molecule has 210 valence electrons. The number of H-pyrrole nitrogens is 1. The fraction of sp³-hybridized carbons (Fsp3) is 0.467. The second kappa shape index (κ2) is 11.8. The molecule has 4 aromatic rings. The molecule has 0 bridgehead atoms. The van der Waals surface area contributed by atoms with Crippen molar-refractivity contribution in [2.45, 2.75) is 50.7 Å². The number of piperazine rings is 1. The van der Waals surface area contributed by atoms with E-state index in [2.05, 4.69) is 60.6 Å². The van der Waals surface area contributed by atoms with E-state index in [4.69, 9.17) is 9.47 Å². The second-order valence-corrected chi connectivity index (χ2v) is 10.8. The van der Waals surface area contributed by atoms with Crippen LogP contribution in [0.5, 0.6) is 11.5 Å².